The van der Waals surface area contributed by atoms with Gasteiger partial charge < -0.3 is 5.32 Å². The van der Waals surface area contributed by atoms with Crippen LogP contribution < -0.4 is 5.32 Å². The van der Waals surface area contributed by atoms with Crippen molar-refractivity contribution in [1.82, 2.24) is 9.78 Å². The molecule has 1 aliphatic heterocycles. The zero-order valence-corrected chi connectivity index (χ0v) is 14.6. The van der Waals surface area contributed by atoms with Gasteiger partial charge >= 0.3 is 0 Å². The number of halogens is 2. The molecule has 2 heterocycles. The minimum atomic E-state index is -0.190. The number of fused-ring (bicyclic) bond motifs is 1. The Hall–Kier alpha value is -2.33. The summed E-state index contributed by atoms with van der Waals surface area (Å²) in [6.07, 6.45) is 3.62. The summed E-state index contributed by atoms with van der Waals surface area (Å²) in [6, 6.07) is 14.6. The van der Waals surface area contributed by atoms with Crippen LogP contribution in [0.15, 0.2) is 48.5 Å². The lowest BCUT2D eigenvalue weighted by Gasteiger charge is -2.10. The molecule has 4 rings (SSSR count). The van der Waals surface area contributed by atoms with E-state index >= 15 is 0 Å². The van der Waals surface area contributed by atoms with E-state index in [1.54, 1.807) is 6.07 Å². The Morgan fingerprint density at radius 3 is 2.72 bits per heavy atom. The SMILES string of the molecule is Fc1ccccc1Cc1nn(-c2ccccc2Cl)c2c1CCCCN2. The average Bonchev–Trinajstić information content (AvgIpc) is 2.80. The zero-order chi connectivity index (χ0) is 17.2. The molecule has 0 fully saturated rings. The van der Waals surface area contributed by atoms with Crippen molar-refractivity contribution >= 4 is 17.4 Å². The molecule has 0 bridgehead atoms. The van der Waals surface area contributed by atoms with Crippen LogP contribution in [0.4, 0.5) is 10.2 Å². The van der Waals surface area contributed by atoms with E-state index in [4.69, 9.17) is 16.7 Å². The molecule has 0 spiro atoms. The van der Waals surface area contributed by atoms with Gasteiger partial charge in [-0.2, -0.15) is 5.10 Å². The fourth-order valence-electron chi connectivity index (χ4n) is 3.34. The number of para-hydroxylation sites is 1. The largest absolute Gasteiger partial charge is 0.370 e. The predicted octanol–water partition coefficient (Wildman–Crippen LogP) is 5.00. The zero-order valence-electron chi connectivity index (χ0n) is 13.8. The first-order valence-corrected chi connectivity index (χ1v) is 8.95. The monoisotopic (exact) mass is 355 g/mol. The van der Waals surface area contributed by atoms with Crippen LogP contribution in [0.3, 0.4) is 0 Å². The van der Waals surface area contributed by atoms with Crippen LogP contribution in [0.1, 0.15) is 29.7 Å². The molecule has 0 amide bonds. The summed E-state index contributed by atoms with van der Waals surface area (Å²) in [6.45, 7) is 0.905. The Balaban J connectivity index is 1.82. The van der Waals surface area contributed by atoms with E-state index in [-0.39, 0.29) is 5.82 Å². The normalized spacial score (nSPS) is 13.8. The number of hydrogen-bond donors (Lipinski definition) is 1. The Kier molecular flexibility index (Phi) is 4.45. The van der Waals surface area contributed by atoms with E-state index in [1.807, 2.05) is 41.1 Å². The van der Waals surface area contributed by atoms with E-state index < -0.39 is 0 Å². The Bertz CT molecular complexity index is 904. The molecule has 2 aromatic carbocycles. The van der Waals surface area contributed by atoms with Crippen LogP contribution >= 0.6 is 11.6 Å². The van der Waals surface area contributed by atoms with Crippen molar-refractivity contribution in [2.45, 2.75) is 25.7 Å². The second-order valence-corrected chi connectivity index (χ2v) is 6.70. The van der Waals surface area contributed by atoms with Gasteiger partial charge in [0.05, 0.1) is 16.4 Å². The van der Waals surface area contributed by atoms with E-state index in [0.29, 0.717) is 17.0 Å². The van der Waals surface area contributed by atoms with Crippen molar-refractivity contribution in [3.8, 4) is 5.69 Å². The summed E-state index contributed by atoms with van der Waals surface area (Å²) in [5.74, 6) is 0.794. The molecule has 0 saturated carbocycles. The van der Waals surface area contributed by atoms with Gasteiger partial charge in [-0.25, -0.2) is 9.07 Å². The van der Waals surface area contributed by atoms with E-state index in [9.17, 15) is 4.39 Å². The number of anilines is 1. The van der Waals surface area contributed by atoms with Gasteiger partial charge in [0.25, 0.3) is 0 Å². The molecule has 3 nitrogen and oxygen atoms in total. The Morgan fingerprint density at radius 1 is 1.08 bits per heavy atom. The number of hydrogen-bond acceptors (Lipinski definition) is 2. The van der Waals surface area contributed by atoms with Gasteiger partial charge in [0.15, 0.2) is 0 Å². The summed E-state index contributed by atoms with van der Waals surface area (Å²) in [7, 11) is 0. The smallest absolute Gasteiger partial charge is 0.133 e. The molecule has 1 aromatic heterocycles. The standard InChI is InChI=1S/C20H19ClFN3/c21-16-9-2-4-11-19(16)25-20-15(8-5-6-12-23-20)18(24-25)13-14-7-1-3-10-17(14)22/h1-4,7,9-11,23H,5-6,8,12-13H2. The summed E-state index contributed by atoms with van der Waals surface area (Å²) in [5.41, 5.74) is 3.59. The van der Waals surface area contributed by atoms with Gasteiger partial charge in [0, 0.05) is 18.5 Å². The van der Waals surface area contributed by atoms with Gasteiger partial charge in [-0.1, -0.05) is 41.9 Å². The van der Waals surface area contributed by atoms with Crippen LogP contribution in [-0.2, 0) is 12.8 Å². The minimum absolute atomic E-state index is 0.190. The molecule has 1 N–H and O–H groups in total. The highest BCUT2D eigenvalue weighted by molar-refractivity contribution is 6.32. The van der Waals surface area contributed by atoms with Gasteiger partial charge in [-0.15, -0.1) is 0 Å². The summed E-state index contributed by atoms with van der Waals surface area (Å²) >= 11 is 6.39. The molecule has 0 unspecified atom stereocenters. The summed E-state index contributed by atoms with van der Waals surface area (Å²) in [4.78, 5) is 0. The number of nitrogens with one attached hydrogen (secondary N) is 1. The van der Waals surface area contributed by atoms with E-state index in [2.05, 4.69) is 5.32 Å². The van der Waals surface area contributed by atoms with Crippen molar-refractivity contribution in [3.63, 3.8) is 0 Å². The maximum absolute atomic E-state index is 14.1. The molecule has 0 aliphatic carbocycles. The quantitative estimate of drug-likeness (QED) is 0.716. The van der Waals surface area contributed by atoms with Crippen LogP contribution in [0.2, 0.25) is 5.02 Å². The second-order valence-electron chi connectivity index (χ2n) is 6.29. The fourth-order valence-corrected chi connectivity index (χ4v) is 3.55. The van der Waals surface area contributed by atoms with Gasteiger partial charge in [-0.3, -0.25) is 0 Å². The van der Waals surface area contributed by atoms with Gasteiger partial charge in [-0.05, 0) is 43.0 Å². The molecule has 5 heteroatoms. The van der Waals surface area contributed by atoms with Crippen molar-refractivity contribution < 1.29 is 4.39 Å². The molecule has 128 valence electrons. The van der Waals surface area contributed by atoms with Crippen LogP contribution in [-0.4, -0.2) is 16.3 Å². The van der Waals surface area contributed by atoms with Crippen molar-refractivity contribution in [1.29, 1.82) is 0 Å². The first kappa shape index (κ1) is 16.2. The Morgan fingerprint density at radius 2 is 1.88 bits per heavy atom. The topological polar surface area (TPSA) is 29.9 Å². The van der Waals surface area contributed by atoms with Crippen molar-refractivity contribution in [2.24, 2.45) is 0 Å². The first-order chi connectivity index (χ1) is 12.2. The lowest BCUT2D eigenvalue weighted by molar-refractivity contribution is 0.612. The molecule has 0 saturated heterocycles. The first-order valence-electron chi connectivity index (χ1n) is 8.57. The summed E-state index contributed by atoms with van der Waals surface area (Å²) in [5, 5.41) is 8.94. The number of rotatable bonds is 3. The third-order valence-corrected chi connectivity index (χ3v) is 4.93. The third-order valence-electron chi connectivity index (χ3n) is 4.61. The van der Waals surface area contributed by atoms with Crippen LogP contribution in [0, 0.1) is 5.82 Å². The Labute approximate surface area is 151 Å². The minimum Gasteiger partial charge on any atom is -0.370 e. The summed E-state index contributed by atoms with van der Waals surface area (Å²) < 4.78 is 16.0. The van der Waals surface area contributed by atoms with Gasteiger partial charge in [0.1, 0.15) is 11.6 Å². The predicted molar refractivity (Wildman–Crippen MR) is 99.2 cm³/mol. The maximum atomic E-state index is 14.1. The lowest BCUT2D eigenvalue weighted by Crippen LogP contribution is -2.07. The number of benzene rings is 2. The van der Waals surface area contributed by atoms with E-state index in [1.165, 1.54) is 11.6 Å². The third kappa shape index (κ3) is 3.14. The van der Waals surface area contributed by atoms with Crippen molar-refractivity contribution in [2.75, 3.05) is 11.9 Å². The molecule has 1 aliphatic rings. The number of aromatic nitrogens is 2. The molecule has 25 heavy (non-hydrogen) atoms. The molecule has 3 aromatic rings. The second kappa shape index (κ2) is 6.89. The lowest BCUT2D eigenvalue weighted by atomic mass is 10.0. The van der Waals surface area contributed by atoms with Crippen molar-refractivity contribution in [3.05, 3.63) is 76.2 Å². The molecular weight excluding hydrogens is 337 g/mol. The fraction of sp³-hybridized carbons (Fsp3) is 0.250. The maximum Gasteiger partial charge on any atom is 0.133 e. The number of nitrogens with zero attached hydrogens (tertiary/aromatic N) is 2. The van der Waals surface area contributed by atoms with E-state index in [0.717, 1.165) is 43.0 Å². The van der Waals surface area contributed by atoms with Crippen LogP contribution in [0.5, 0.6) is 0 Å². The average molecular weight is 356 g/mol. The van der Waals surface area contributed by atoms with Gasteiger partial charge in [0.2, 0.25) is 0 Å². The van der Waals surface area contributed by atoms with Crippen LogP contribution in [0.25, 0.3) is 5.69 Å². The highest BCUT2D eigenvalue weighted by Crippen LogP contribution is 2.32. The molecule has 0 atom stereocenters. The molecule has 0 radical (unpaired) electrons. The highest BCUT2D eigenvalue weighted by Gasteiger charge is 2.22. The highest BCUT2D eigenvalue weighted by atomic mass is 35.5. The molecular formula is C20H19ClFN3.